The highest BCUT2D eigenvalue weighted by molar-refractivity contribution is 6.30. The maximum absolute atomic E-state index is 12.6. The van der Waals surface area contributed by atoms with Gasteiger partial charge in [-0.3, -0.25) is 9.59 Å². The number of carbonyl (C=O) groups is 2. The Balaban J connectivity index is 1.76. The number of amides is 2. The van der Waals surface area contributed by atoms with Gasteiger partial charge in [0.15, 0.2) is 0 Å². The fraction of sp³-hybridized carbons (Fsp3) is 0.0455. The van der Waals surface area contributed by atoms with Gasteiger partial charge >= 0.3 is 0 Å². The molecule has 0 aromatic heterocycles. The van der Waals surface area contributed by atoms with Gasteiger partial charge in [0, 0.05) is 16.1 Å². The molecule has 3 aromatic carbocycles. The maximum Gasteiger partial charge on any atom is 0.273 e. The third-order valence-corrected chi connectivity index (χ3v) is 4.40. The van der Waals surface area contributed by atoms with Crippen molar-refractivity contribution >= 4 is 34.8 Å². The molecule has 0 saturated carbocycles. The average molecular weight is 408 g/mol. The molecule has 3 N–H and O–H groups in total. The number of nitrogens with zero attached hydrogens (tertiary/aromatic N) is 1. The number of nitrogens with one attached hydrogen (secondary N) is 2. The number of aromatic hydroxyl groups is 1. The molecule has 0 aliphatic carbocycles. The summed E-state index contributed by atoms with van der Waals surface area (Å²) in [5, 5.41) is 17.2. The first-order chi connectivity index (χ1) is 14.0. The number of hydrazone groups is 1. The van der Waals surface area contributed by atoms with Crippen LogP contribution in [0.2, 0.25) is 5.02 Å². The van der Waals surface area contributed by atoms with Crippen LogP contribution in [-0.4, -0.2) is 22.6 Å². The molecule has 146 valence electrons. The normalized spacial score (nSPS) is 11.0. The monoisotopic (exact) mass is 407 g/mol. The molecule has 3 aromatic rings. The van der Waals surface area contributed by atoms with E-state index in [9.17, 15) is 14.7 Å². The molecule has 0 aliphatic heterocycles. The van der Waals surface area contributed by atoms with Crippen LogP contribution in [0.1, 0.15) is 33.2 Å². The minimum Gasteiger partial charge on any atom is -0.507 e. The van der Waals surface area contributed by atoms with Gasteiger partial charge in [0.2, 0.25) is 0 Å². The Hall–Kier alpha value is -3.64. The first kappa shape index (κ1) is 20.1. The zero-order chi connectivity index (χ0) is 20.8. The molecule has 6 nitrogen and oxygen atoms in total. The van der Waals surface area contributed by atoms with Crippen LogP contribution in [0.4, 0.5) is 5.69 Å². The Morgan fingerprint density at radius 3 is 2.17 bits per heavy atom. The number of carbonyl (C=O) groups excluding carboxylic acids is 2. The van der Waals surface area contributed by atoms with Crippen molar-refractivity contribution in [2.24, 2.45) is 5.10 Å². The number of phenolic OH excluding ortho intramolecular Hbond substituents is 1. The topological polar surface area (TPSA) is 90.8 Å². The van der Waals surface area contributed by atoms with Gasteiger partial charge in [-0.15, -0.1) is 0 Å². The quantitative estimate of drug-likeness (QED) is 0.431. The molecule has 0 radical (unpaired) electrons. The van der Waals surface area contributed by atoms with Crippen LogP contribution in [0.25, 0.3) is 0 Å². The van der Waals surface area contributed by atoms with Crippen LogP contribution in [0.3, 0.4) is 0 Å². The summed E-state index contributed by atoms with van der Waals surface area (Å²) < 4.78 is 0. The van der Waals surface area contributed by atoms with Gasteiger partial charge in [0.25, 0.3) is 11.8 Å². The van der Waals surface area contributed by atoms with Crippen molar-refractivity contribution in [2.45, 2.75) is 6.92 Å². The van der Waals surface area contributed by atoms with E-state index in [0.717, 1.165) is 0 Å². The average Bonchev–Trinajstić information content (AvgIpc) is 2.73. The molecule has 0 fully saturated rings. The summed E-state index contributed by atoms with van der Waals surface area (Å²) in [5.41, 5.74) is 4.43. The van der Waals surface area contributed by atoms with Crippen molar-refractivity contribution in [1.29, 1.82) is 0 Å². The molecule has 0 atom stereocenters. The van der Waals surface area contributed by atoms with Crippen LogP contribution in [0.15, 0.2) is 77.9 Å². The molecular formula is C22H18ClN3O3. The summed E-state index contributed by atoms with van der Waals surface area (Å²) in [5.74, 6) is -0.791. The fourth-order valence-corrected chi connectivity index (χ4v) is 2.75. The summed E-state index contributed by atoms with van der Waals surface area (Å²) in [6.45, 7) is 1.67. The van der Waals surface area contributed by atoms with E-state index in [1.54, 1.807) is 73.7 Å². The van der Waals surface area contributed by atoms with Gasteiger partial charge in [-0.1, -0.05) is 35.9 Å². The van der Waals surface area contributed by atoms with Gasteiger partial charge in [-0.2, -0.15) is 5.10 Å². The Bertz CT molecular complexity index is 1080. The summed E-state index contributed by atoms with van der Waals surface area (Å²) >= 11 is 5.84. The van der Waals surface area contributed by atoms with E-state index in [0.29, 0.717) is 27.5 Å². The van der Waals surface area contributed by atoms with Crippen molar-refractivity contribution in [3.63, 3.8) is 0 Å². The maximum atomic E-state index is 12.6. The molecular weight excluding hydrogens is 390 g/mol. The van der Waals surface area contributed by atoms with Gasteiger partial charge < -0.3 is 10.4 Å². The van der Waals surface area contributed by atoms with Crippen LogP contribution in [0, 0.1) is 0 Å². The summed E-state index contributed by atoms with van der Waals surface area (Å²) in [7, 11) is 0. The van der Waals surface area contributed by atoms with Crippen molar-refractivity contribution in [2.75, 3.05) is 5.32 Å². The molecule has 29 heavy (non-hydrogen) atoms. The molecule has 0 bridgehead atoms. The lowest BCUT2D eigenvalue weighted by molar-refractivity contribution is 0.0955. The van der Waals surface area contributed by atoms with Crippen LogP contribution in [0.5, 0.6) is 5.75 Å². The van der Waals surface area contributed by atoms with Crippen LogP contribution in [-0.2, 0) is 0 Å². The molecule has 3 rings (SSSR count). The lowest BCUT2D eigenvalue weighted by atomic mass is 10.1. The standard InChI is InChI=1S/C22H18ClN3O3/c1-14(17-6-3-5-9-20(17)27)25-26-22(29)18-7-2-4-8-19(18)24-21(28)15-10-12-16(23)13-11-15/h2-13,27H,1H3,(H,24,28)(H,26,29)/b25-14+. The van der Waals surface area contributed by atoms with Crippen LogP contribution < -0.4 is 10.7 Å². The second-order valence-electron chi connectivity index (χ2n) is 6.16. The van der Waals surface area contributed by atoms with E-state index >= 15 is 0 Å². The third-order valence-electron chi connectivity index (χ3n) is 4.15. The number of halogens is 1. The van der Waals surface area contributed by atoms with Crippen molar-refractivity contribution in [3.05, 3.63) is 94.5 Å². The Morgan fingerprint density at radius 1 is 0.862 bits per heavy atom. The molecule has 2 amide bonds. The van der Waals surface area contributed by atoms with Gasteiger partial charge in [0.05, 0.1) is 17.0 Å². The van der Waals surface area contributed by atoms with Gasteiger partial charge in [-0.25, -0.2) is 5.43 Å². The van der Waals surface area contributed by atoms with E-state index in [-0.39, 0.29) is 17.2 Å². The van der Waals surface area contributed by atoms with Crippen molar-refractivity contribution < 1.29 is 14.7 Å². The van der Waals surface area contributed by atoms with Gasteiger partial charge in [-0.05, 0) is 55.5 Å². The Morgan fingerprint density at radius 2 is 1.48 bits per heavy atom. The number of phenols is 1. The molecule has 0 heterocycles. The second-order valence-corrected chi connectivity index (χ2v) is 6.60. The first-order valence-electron chi connectivity index (χ1n) is 8.74. The number of rotatable bonds is 5. The lowest BCUT2D eigenvalue weighted by Gasteiger charge is -2.10. The van der Waals surface area contributed by atoms with Crippen molar-refractivity contribution in [3.8, 4) is 5.75 Å². The zero-order valence-corrected chi connectivity index (χ0v) is 16.3. The van der Waals surface area contributed by atoms with E-state index in [4.69, 9.17) is 11.6 Å². The van der Waals surface area contributed by atoms with E-state index in [1.807, 2.05) is 0 Å². The predicted octanol–water partition coefficient (Wildman–Crippen LogP) is 4.45. The number of hydrogen-bond acceptors (Lipinski definition) is 4. The smallest absolute Gasteiger partial charge is 0.273 e. The number of benzene rings is 3. The van der Waals surface area contributed by atoms with Crippen molar-refractivity contribution in [1.82, 2.24) is 5.43 Å². The summed E-state index contributed by atoms with van der Waals surface area (Å²) in [4.78, 5) is 25.0. The SMILES string of the molecule is C/C(=N\NC(=O)c1ccccc1NC(=O)c1ccc(Cl)cc1)c1ccccc1O. The Kier molecular flexibility index (Phi) is 6.26. The third kappa shape index (κ3) is 5.00. The lowest BCUT2D eigenvalue weighted by Crippen LogP contribution is -2.22. The molecule has 0 spiro atoms. The molecule has 0 unspecified atom stereocenters. The highest BCUT2D eigenvalue weighted by atomic mass is 35.5. The molecule has 7 heteroatoms. The fourth-order valence-electron chi connectivity index (χ4n) is 2.62. The highest BCUT2D eigenvalue weighted by Crippen LogP contribution is 2.18. The second kappa shape index (κ2) is 9.03. The number of hydrogen-bond donors (Lipinski definition) is 3. The van der Waals surface area contributed by atoms with Crippen LogP contribution >= 0.6 is 11.6 Å². The minimum absolute atomic E-state index is 0.0682. The molecule has 0 aliphatic rings. The zero-order valence-electron chi connectivity index (χ0n) is 15.5. The summed E-state index contributed by atoms with van der Waals surface area (Å²) in [6.07, 6.45) is 0. The van der Waals surface area contributed by atoms with E-state index in [1.165, 1.54) is 6.07 Å². The Labute approximate surface area is 172 Å². The van der Waals surface area contributed by atoms with E-state index in [2.05, 4.69) is 15.8 Å². The number of para-hydroxylation sites is 2. The highest BCUT2D eigenvalue weighted by Gasteiger charge is 2.14. The summed E-state index contributed by atoms with van der Waals surface area (Å²) in [6, 6.07) is 19.7. The van der Waals surface area contributed by atoms with Gasteiger partial charge in [0.1, 0.15) is 5.75 Å². The molecule has 0 saturated heterocycles. The number of anilines is 1. The largest absolute Gasteiger partial charge is 0.507 e. The predicted molar refractivity (Wildman–Crippen MR) is 114 cm³/mol. The first-order valence-corrected chi connectivity index (χ1v) is 9.12. The van der Waals surface area contributed by atoms with E-state index < -0.39 is 5.91 Å². The minimum atomic E-state index is -0.494.